The molecule has 1 N–H and O–H groups in total. The van der Waals surface area contributed by atoms with Crippen molar-refractivity contribution in [2.75, 3.05) is 13.1 Å². The second-order valence-electron chi connectivity index (χ2n) is 7.51. The van der Waals surface area contributed by atoms with Crippen LogP contribution in [0.5, 0.6) is 5.75 Å². The highest BCUT2D eigenvalue weighted by molar-refractivity contribution is 7.15. The minimum absolute atomic E-state index is 0.158. The van der Waals surface area contributed by atoms with Crippen molar-refractivity contribution in [1.29, 1.82) is 0 Å². The van der Waals surface area contributed by atoms with Gasteiger partial charge in [0, 0.05) is 43.0 Å². The molecule has 1 aromatic heterocycles. The van der Waals surface area contributed by atoms with Crippen LogP contribution in [-0.2, 0) is 6.54 Å². The Bertz CT molecular complexity index is 896. The number of aliphatic hydroxyl groups is 1. The zero-order valence-electron chi connectivity index (χ0n) is 16.0. The van der Waals surface area contributed by atoms with E-state index in [4.69, 9.17) is 4.74 Å². The normalized spacial score (nSPS) is 21.5. The van der Waals surface area contributed by atoms with E-state index in [1.54, 1.807) is 6.20 Å². The molecule has 1 fully saturated rings. The van der Waals surface area contributed by atoms with Crippen molar-refractivity contribution in [1.82, 2.24) is 9.88 Å². The second kappa shape index (κ2) is 8.01. The molecule has 1 saturated heterocycles. The van der Waals surface area contributed by atoms with Gasteiger partial charge in [0.15, 0.2) is 0 Å². The van der Waals surface area contributed by atoms with Gasteiger partial charge >= 0.3 is 0 Å². The Labute approximate surface area is 167 Å². The number of halogens is 2. The van der Waals surface area contributed by atoms with E-state index in [1.165, 1.54) is 36.5 Å². The molecule has 2 atom stereocenters. The van der Waals surface area contributed by atoms with Crippen LogP contribution in [0.4, 0.5) is 8.78 Å². The quantitative estimate of drug-likeness (QED) is 0.509. The predicted molar refractivity (Wildman–Crippen MR) is 108 cm³/mol. The van der Waals surface area contributed by atoms with Crippen molar-refractivity contribution in [2.45, 2.75) is 33.2 Å². The predicted octanol–water partition coefficient (Wildman–Crippen LogP) is 5.48. The summed E-state index contributed by atoms with van der Waals surface area (Å²) in [6.07, 6.45) is 0.932. The number of rotatable bonds is 6. The highest BCUT2D eigenvalue weighted by atomic mass is 32.1. The lowest BCUT2D eigenvalue weighted by Gasteiger charge is -2.40. The van der Waals surface area contributed by atoms with Crippen LogP contribution in [0.15, 0.2) is 48.9 Å². The van der Waals surface area contributed by atoms with E-state index in [0.29, 0.717) is 30.1 Å². The van der Waals surface area contributed by atoms with Crippen molar-refractivity contribution in [3.8, 4) is 16.3 Å². The van der Waals surface area contributed by atoms with Gasteiger partial charge in [-0.15, -0.1) is 11.3 Å². The molecule has 3 rings (SSSR count). The molecule has 7 heteroatoms. The third kappa shape index (κ3) is 4.59. The van der Waals surface area contributed by atoms with Crippen LogP contribution in [0.3, 0.4) is 0 Å². The Morgan fingerprint density at radius 2 is 2.25 bits per heavy atom. The molecular weight excluding hydrogens is 382 g/mol. The maximum absolute atomic E-state index is 13.7. The summed E-state index contributed by atoms with van der Waals surface area (Å²) < 4.78 is 32.2. The zero-order chi connectivity index (χ0) is 20.5. The molecule has 0 amide bonds. The van der Waals surface area contributed by atoms with Gasteiger partial charge in [-0.05, 0) is 24.6 Å². The fourth-order valence-corrected chi connectivity index (χ4v) is 4.48. The molecule has 0 saturated carbocycles. The standard InChI is InChI=1S/C21H24F2N2O2S/c1-13-8-21(4,14(2)26)12-25(10-13)11-17-9-24-20(28-17)18-7-16(23)5-6-19(18)27-15(3)22/h5-7,9,15,26H,1-2,8,10-12H2,3-4H3/t15?,21-/m1/s1. The highest BCUT2D eigenvalue weighted by Gasteiger charge is 2.35. The molecule has 0 aliphatic carbocycles. The molecule has 2 aromatic rings. The molecule has 0 radical (unpaired) electrons. The monoisotopic (exact) mass is 406 g/mol. The maximum atomic E-state index is 13.7. The number of alkyl halides is 1. The van der Waals surface area contributed by atoms with E-state index in [-0.39, 0.29) is 11.5 Å². The first-order valence-electron chi connectivity index (χ1n) is 8.99. The summed E-state index contributed by atoms with van der Waals surface area (Å²) in [5.41, 5.74) is 1.03. The average Bonchev–Trinajstić information content (AvgIpc) is 3.03. The molecular formula is C21H24F2N2O2S. The number of aromatic nitrogens is 1. The average molecular weight is 406 g/mol. The van der Waals surface area contributed by atoms with Gasteiger partial charge in [0.1, 0.15) is 16.6 Å². The molecule has 4 nitrogen and oxygen atoms in total. The zero-order valence-corrected chi connectivity index (χ0v) is 16.9. The van der Waals surface area contributed by atoms with E-state index in [0.717, 1.165) is 17.0 Å². The third-order valence-corrected chi connectivity index (χ3v) is 5.77. The number of piperidine rings is 1. The molecule has 1 aliphatic rings. The van der Waals surface area contributed by atoms with Gasteiger partial charge in [0.05, 0.1) is 11.3 Å². The first kappa shape index (κ1) is 20.5. The van der Waals surface area contributed by atoms with Crippen molar-refractivity contribution in [2.24, 2.45) is 5.41 Å². The number of ether oxygens (including phenoxy) is 1. The van der Waals surface area contributed by atoms with Crippen LogP contribution < -0.4 is 4.74 Å². The molecule has 150 valence electrons. The smallest absolute Gasteiger partial charge is 0.235 e. The minimum atomic E-state index is -1.51. The van der Waals surface area contributed by atoms with Gasteiger partial charge in [-0.2, -0.15) is 0 Å². The largest absolute Gasteiger partial charge is 0.512 e. The van der Waals surface area contributed by atoms with E-state index in [9.17, 15) is 13.9 Å². The van der Waals surface area contributed by atoms with E-state index in [2.05, 4.69) is 23.0 Å². The summed E-state index contributed by atoms with van der Waals surface area (Å²) in [5, 5.41) is 10.5. The first-order chi connectivity index (χ1) is 13.2. The van der Waals surface area contributed by atoms with Crippen molar-refractivity contribution in [3.63, 3.8) is 0 Å². The lowest BCUT2D eigenvalue weighted by atomic mass is 9.78. The van der Waals surface area contributed by atoms with Crippen LogP contribution in [0.2, 0.25) is 0 Å². The summed E-state index contributed by atoms with van der Waals surface area (Å²) in [7, 11) is 0. The Morgan fingerprint density at radius 1 is 1.50 bits per heavy atom. The molecule has 0 bridgehead atoms. The van der Waals surface area contributed by atoms with Gasteiger partial charge < -0.3 is 9.84 Å². The fourth-order valence-electron chi connectivity index (χ4n) is 3.51. The van der Waals surface area contributed by atoms with Crippen molar-refractivity contribution in [3.05, 3.63) is 59.6 Å². The molecule has 1 aliphatic heterocycles. The molecule has 1 unspecified atom stereocenters. The number of hydrogen-bond donors (Lipinski definition) is 1. The number of aliphatic hydroxyl groups excluding tert-OH is 1. The van der Waals surface area contributed by atoms with Gasteiger partial charge in [0.25, 0.3) is 0 Å². The number of thiazole rings is 1. The van der Waals surface area contributed by atoms with Crippen LogP contribution >= 0.6 is 11.3 Å². The fraction of sp³-hybridized carbons (Fsp3) is 0.381. The van der Waals surface area contributed by atoms with E-state index in [1.807, 2.05) is 6.92 Å². The van der Waals surface area contributed by atoms with Gasteiger partial charge in [-0.3, -0.25) is 4.90 Å². The van der Waals surface area contributed by atoms with Crippen LogP contribution in [-0.4, -0.2) is 34.4 Å². The van der Waals surface area contributed by atoms with Gasteiger partial charge in [-0.1, -0.05) is 25.7 Å². The minimum Gasteiger partial charge on any atom is -0.512 e. The number of benzene rings is 1. The highest BCUT2D eigenvalue weighted by Crippen LogP contribution is 2.38. The third-order valence-electron chi connectivity index (χ3n) is 4.75. The van der Waals surface area contributed by atoms with Gasteiger partial charge in [-0.25, -0.2) is 13.8 Å². The summed E-state index contributed by atoms with van der Waals surface area (Å²) in [4.78, 5) is 7.53. The first-order valence-corrected chi connectivity index (χ1v) is 9.80. The summed E-state index contributed by atoms with van der Waals surface area (Å²) >= 11 is 1.40. The molecule has 2 heterocycles. The van der Waals surface area contributed by atoms with Crippen molar-refractivity contribution < 1.29 is 18.6 Å². The topological polar surface area (TPSA) is 45.6 Å². The Kier molecular flexibility index (Phi) is 5.86. The van der Waals surface area contributed by atoms with Crippen LogP contribution in [0.25, 0.3) is 10.6 Å². The Balaban J connectivity index is 1.81. The van der Waals surface area contributed by atoms with Crippen LogP contribution in [0.1, 0.15) is 25.1 Å². The Morgan fingerprint density at radius 3 is 2.93 bits per heavy atom. The maximum Gasteiger partial charge on any atom is 0.235 e. The summed E-state index contributed by atoms with van der Waals surface area (Å²) in [6.45, 7) is 13.0. The SMILES string of the molecule is C=C1CN(Cc2cnc(-c3cc(F)ccc3OC(C)F)s2)C[C@](C)(C(=C)O)C1. The van der Waals surface area contributed by atoms with Crippen LogP contribution in [0, 0.1) is 11.2 Å². The lowest BCUT2D eigenvalue weighted by Crippen LogP contribution is -2.42. The van der Waals surface area contributed by atoms with E-state index < -0.39 is 17.6 Å². The summed E-state index contributed by atoms with van der Waals surface area (Å²) in [6, 6.07) is 3.95. The Hall–Kier alpha value is -2.25. The molecule has 0 spiro atoms. The van der Waals surface area contributed by atoms with Gasteiger partial charge in [0.2, 0.25) is 6.36 Å². The van der Waals surface area contributed by atoms with Crippen molar-refractivity contribution >= 4 is 11.3 Å². The molecule has 28 heavy (non-hydrogen) atoms. The number of hydrogen-bond acceptors (Lipinski definition) is 5. The van der Waals surface area contributed by atoms with E-state index >= 15 is 0 Å². The summed E-state index contributed by atoms with van der Waals surface area (Å²) in [5.74, 6) is -0.0202. The second-order valence-corrected chi connectivity index (χ2v) is 8.63. The number of nitrogens with zero attached hydrogens (tertiary/aromatic N) is 2. The lowest BCUT2D eigenvalue weighted by molar-refractivity contribution is 0.0866. The number of likely N-dealkylation sites (tertiary alicyclic amines) is 1. The molecule has 1 aromatic carbocycles.